The van der Waals surface area contributed by atoms with E-state index in [0.29, 0.717) is 17.9 Å². The van der Waals surface area contributed by atoms with Crippen LogP contribution in [0.5, 0.6) is 0 Å². The Morgan fingerprint density at radius 3 is 2.75 bits per heavy atom. The summed E-state index contributed by atoms with van der Waals surface area (Å²) < 4.78 is 0. The maximum absolute atomic E-state index is 11.0. The Morgan fingerprint density at radius 2 is 2.10 bits per heavy atom. The highest BCUT2D eigenvalue weighted by atomic mass is 35.5. The minimum atomic E-state index is -0.412. The first kappa shape index (κ1) is 14.0. The Hall–Kier alpha value is -2.41. The van der Waals surface area contributed by atoms with Gasteiger partial charge in [-0.25, -0.2) is 4.98 Å². The Kier molecular flexibility index (Phi) is 3.99. The van der Waals surface area contributed by atoms with Crippen LogP contribution in [0.1, 0.15) is 5.56 Å². The van der Waals surface area contributed by atoms with E-state index in [2.05, 4.69) is 9.97 Å². The Bertz CT molecular complexity index is 629. The number of nitro groups is 1. The standard InChI is InChI=1S/C12H12ClN5O2/c1-17(11-6-10(13)15-12(14)16-11)7-8-4-2-3-5-9(8)18(19)20/h2-6H,7H2,1H3,(H2,14,15,16). The first-order chi connectivity index (χ1) is 9.47. The molecule has 2 aromatic rings. The highest BCUT2D eigenvalue weighted by molar-refractivity contribution is 6.29. The molecule has 0 aliphatic carbocycles. The summed E-state index contributed by atoms with van der Waals surface area (Å²) in [6.07, 6.45) is 0. The van der Waals surface area contributed by atoms with Crippen molar-refractivity contribution in [2.45, 2.75) is 6.54 Å². The van der Waals surface area contributed by atoms with E-state index in [9.17, 15) is 10.1 Å². The number of rotatable bonds is 4. The second-order valence-electron chi connectivity index (χ2n) is 4.15. The van der Waals surface area contributed by atoms with E-state index in [-0.39, 0.29) is 16.8 Å². The number of nitro benzene ring substituents is 1. The lowest BCUT2D eigenvalue weighted by molar-refractivity contribution is -0.385. The SMILES string of the molecule is CN(Cc1ccccc1[N+](=O)[O-])c1cc(Cl)nc(N)n1. The summed E-state index contributed by atoms with van der Waals surface area (Å²) >= 11 is 5.81. The minimum absolute atomic E-state index is 0.0573. The third-order valence-corrected chi connectivity index (χ3v) is 2.88. The predicted molar refractivity (Wildman–Crippen MR) is 76.7 cm³/mol. The van der Waals surface area contributed by atoms with E-state index in [0.717, 1.165) is 0 Å². The Labute approximate surface area is 120 Å². The van der Waals surface area contributed by atoms with Gasteiger partial charge in [0.05, 0.1) is 11.5 Å². The number of nitrogens with two attached hydrogens (primary N) is 1. The fraction of sp³-hybridized carbons (Fsp3) is 0.167. The van der Waals surface area contributed by atoms with Crippen LogP contribution in [0.2, 0.25) is 5.15 Å². The van der Waals surface area contributed by atoms with E-state index in [1.54, 1.807) is 36.2 Å². The van der Waals surface area contributed by atoms with Crippen LogP contribution in [-0.4, -0.2) is 21.9 Å². The van der Waals surface area contributed by atoms with Gasteiger partial charge in [-0.2, -0.15) is 4.98 Å². The molecule has 0 unspecified atom stereocenters. The molecule has 0 bridgehead atoms. The summed E-state index contributed by atoms with van der Waals surface area (Å²) in [5.74, 6) is 0.558. The Morgan fingerprint density at radius 1 is 1.40 bits per heavy atom. The molecule has 20 heavy (non-hydrogen) atoms. The topological polar surface area (TPSA) is 98.2 Å². The van der Waals surface area contributed by atoms with Gasteiger partial charge in [-0.1, -0.05) is 29.8 Å². The quantitative estimate of drug-likeness (QED) is 0.527. The number of para-hydroxylation sites is 1. The van der Waals surface area contributed by atoms with Crippen molar-refractivity contribution in [3.8, 4) is 0 Å². The number of nitrogens with zero attached hydrogens (tertiary/aromatic N) is 4. The van der Waals surface area contributed by atoms with Crippen molar-refractivity contribution in [3.05, 3.63) is 51.2 Å². The second-order valence-corrected chi connectivity index (χ2v) is 4.54. The van der Waals surface area contributed by atoms with Crippen LogP contribution in [0.4, 0.5) is 17.5 Å². The lowest BCUT2D eigenvalue weighted by Crippen LogP contribution is -2.19. The maximum atomic E-state index is 11.0. The van der Waals surface area contributed by atoms with Crippen molar-refractivity contribution < 1.29 is 4.92 Å². The van der Waals surface area contributed by atoms with Crippen LogP contribution >= 0.6 is 11.6 Å². The molecule has 8 heteroatoms. The fourth-order valence-corrected chi connectivity index (χ4v) is 1.96. The van der Waals surface area contributed by atoms with Crippen molar-refractivity contribution in [1.29, 1.82) is 0 Å². The van der Waals surface area contributed by atoms with Crippen LogP contribution in [0, 0.1) is 10.1 Å². The summed E-state index contributed by atoms with van der Waals surface area (Å²) in [6.45, 7) is 0.309. The lowest BCUT2D eigenvalue weighted by atomic mass is 10.1. The van der Waals surface area contributed by atoms with Gasteiger partial charge in [-0.05, 0) is 0 Å². The average molecular weight is 294 g/mol. The smallest absolute Gasteiger partial charge is 0.274 e. The first-order valence-electron chi connectivity index (χ1n) is 5.71. The van der Waals surface area contributed by atoms with Gasteiger partial charge >= 0.3 is 0 Å². The molecular weight excluding hydrogens is 282 g/mol. The van der Waals surface area contributed by atoms with Gasteiger partial charge in [0, 0.05) is 24.7 Å². The zero-order valence-electron chi connectivity index (χ0n) is 10.7. The summed E-state index contributed by atoms with van der Waals surface area (Å²) in [6, 6.07) is 8.08. The van der Waals surface area contributed by atoms with Gasteiger partial charge in [0.25, 0.3) is 5.69 Å². The van der Waals surface area contributed by atoms with Crippen molar-refractivity contribution in [1.82, 2.24) is 9.97 Å². The molecule has 104 valence electrons. The van der Waals surface area contributed by atoms with Gasteiger partial charge in [-0.3, -0.25) is 10.1 Å². The molecule has 0 atom stereocenters. The highest BCUT2D eigenvalue weighted by Crippen LogP contribution is 2.22. The summed E-state index contributed by atoms with van der Waals surface area (Å²) in [5, 5.41) is 11.2. The molecule has 1 aromatic heterocycles. The number of halogens is 1. The largest absolute Gasteiger partial charge is 0.368 e. The number of anilines is 2. The van der Waals surface area contributed by atoms with E-state index in [4.69, 9.17) is 17.3 Å². The molecule has 1 heterocycles. The average Bonchev–Trinajstić information content (AvgIpc) is 2.37. The van der Waals surface area contributed by atoms with Gasteiger partial charge in [-0.15, -0.1) is 0 Å². The van der Waals surface area contributed by atoms with Crippen molar-refractivity contribution in [3.63, 3.8) is 0 Å². The first-order valence-corrected chi connectivity index (χ1v) is 6.08. The fourth-order valence-electron chi connectivity index (χ4n) is 1.78. The monoisotopic (exact) mass is 293 g/mol. The van der Waals surface area contributed by atoms with Crippen molar-refractivity contribution in [2.24, 2.45) is 0 Å². The molecular formula is C12H12ClN5O2. The van der Waals surface area contributed by atoms with Crippen LogP contribution in [0.3, 0.4) is 0 Å². The molecule has 0 fully saturated rings. The molecule has 0 saturated heterocycles. The van der Waals surface area contributed by atoms with Crippen LogP contribution in [-0.2, 0) is 6.54 Å². The van der Waals surface area contributed by atoms with Gasteiger partial charge in [0.15, 0.2) is 0 Å². The molecule has 2 rings (SSSR count). The normalized spacial score (nSPS) is 10.3. The third-order valence-electron chi connectivity index (χ3n) is 2.69. The number of hydrogen-bond acceptors (Lipinski definition) is 6. The number of aromatic nitrogens is 2. The van der Waals surface area contributed by atoms with E-state index < -0.39 is 4.92 Å². The van der Waals surface area contributed by atoms with Gasteiger partial charge in [0.2, 0.25) is 5.95 Å². The number of hydrogen-bond donors (Lipinski definition) is 1. The van der Waals surface area contributed by atoms with Crippen LogP contribution < -0.4 is 10.6 Å². The number of nitrogen functional groups attached to an aromatic ring is 1. The molecule has 0 radical (unpaired) electrons. The van der Waals surface area contributed by atoms with E-state index in [1.807, 2.05) is 0 Å². The summed E-state index contributed by atoms with van der Waals surface area (Å²) in [4.78, 5) is 20.1. The van der Waals surface area contributed by atoms with Crippen LogP contribution in [0.25, 0.3) is 0 Å². The molecule has 0 saturated carbocycles. The third kappa shape index (κ3) is 3.12. The lowest BCUT2D eigenvalue weighted by Gasteiger charge is -2.18. The van der Waals surface area contributed by atoms with Crippen LogP contribution in [0.15, 0.2) is 30.3 Å². The summed E-state index contributed by atoms with van der Waals surface area (Å²) in [7, 11) is 1.74. The molecule has 7 nitrogen and oxygen atoms in total. The van der Waals surface area contributed by atoms with Crippen molar-refractivity contribution in [2.75, 3.05) is 17.7 Å². The molecule has 0 amide bonds. The Balaban J connectivity index is 2.28. The molecule has 0 aliphatic rings. The number of benzene rings is 1. The van der Waals surface area contributed by atoms with Gasteiger partial charge < -0.3 is 10.6 Å². The van der Waals surface area contributed by atoms with E-state index in [1.165, 1.54) is 6.07 Å². The second kappa shape index (κ2) is 5.70. The summed E-state index contributed by atoms with van der Waals surface area (Å²) in [5.41, 5.74) is 6.17. The zero-order chi connectivity index (χ0) is 14.7. The molecule has 0 aliphatic heterocycles. The predicted octanol–water partition coefficient (Wildman–Crippen LogP) is 2.26. The zero-order valence-corrected chi connectivity index (χ0v) is 11.4. The van der Waals surface area contributed by atoms with Crippen molar-refractivity contribution >= 4 is 29.1 Å². The molecule has 1 aromatic carbocycles. The minimum Gasteiger partial charge on any atom is -0.368 e. The molecule has 2 N–H and O–H groups in total. The maximum Gasteiger partial charge on any atom is 0.274 e. The highest BCUT2D eigenvalue weighted by Gasteiger charge is 2.15. The van der Waals surface area contributed by atoms with Gasteiger partial charge in [0.1, 0.15) is 11.0 Å². The van der Waals surface area contributed by atoms with E-state index >= 15 is 0 Å². The molecule has 0 spiro atoms.